The second kappa shape index (κ2) is 6.00. The van der Waals surface area contributed by atoms with E-state index in [2.05, 4.69) is 6.92 Å². The molecule has 2 bridgehead atoms. The molecule has 0 aromatic heterocycles. The number of alkyl halides is 1. The number of hydrogen-bond acceptors (Lipinski definition) is 5. The van der Waals surface area contributed by atoms with Crippen molar-refractivity contribution in [1.29, 1.82) is 0 Å². The molecule has 8 atom stereocenters. The number of ether oxygens (including phenoxy) is 2. The van der Waals surface area contributed by atoms with Crippen LogP contribution >= 0.6 is 0 Å². The molecule has 1 saturated heterocycles. The number of hydrogen-bond donors (Lipinski definition) is 1. The van der Waals surface area contributed by atoms with Crippen molar-refractivity contribution in [2.24, 2.45) is 22.7 Å². The maximum Gasteiger partial charge on any atom is 0.375 e. The van der Waals surface area contributed by atoms with Gasteiger partial charge in [0.25, 0.3) is 5.78 Å². The molecule has 30 heavy (non-hydrogen) atoms. The highest BCUT2D eigenvalue weighted by Gasteiger charge is 2.80. The van der Waals surface area contributed by atoms with Crippen LogP contribution in [0.1, 0.15) is 65.7 Å². The third-order valence-electron chi connectivity index (χ3n) is 9.42. The van der Waals surface area contributed by atoms with Gasteiger partial charge in [0, 0.05) is 17.8 Å². The SMILES string of the molecule is CC1O[C@@]2(C(=O)C(=O)O)CC[C@@]3(O1)[C@@H]1CCC4=CC(=O)CC[C@]4(C)[C@H]1[C@@H](F)C[C@]23C. The summed E-state index contributed by atoms with van der Waals surface area (Å²) in [4.78, 5) is 36.7. The highest BCUT2D eigenvalue weighted by atomic mass is 19.1. The molecular formula is C23H29FO6. The predicted molar refractivity (Wildman–Crippen MR) is 103 cm³/mol. The zero-order valence-electron chi connectivity index (χ0n) is 17.7. The number of rotatable bonds is 2. The van der Waals surface area contributed by atoms with E-state index in [9.17, 15) is 19.5 Å². The Morgan fingerprint density at radius 2 is 1.90 bits per heavy atom. The van der Waals surface area contributed by atoms with Crippen LogP contribution in [-0.4, -0.2) is 46.3 Å². The van der Waals surface area contributed by atoms with Gasteiger partial charge in [-0.3, -0.25) is 9.59 Å². The third-order valence-corrected chi connectivity index (χ3v) is 9.42. The van der Waals surface area contributed by atoms with Gasteiger partial charge in [0.05, 0.1) is 5.60 Å². The Bertz CT molecular complexity index is 883. The van der Waals surface area contributed by atoms with E-state index in [1.54, 1.807) is 19.9 Å². The van der Waals surface area contributed by atoms with E-state index < -0.39 is 46.2 Å². The van der Waals surface area contributed by atoms with Crippen LogP contribution in [0.4, 0.5) is 4.39 Å². The maximum absolute atomic E-state index is 16.1. The Morgan fingerprint density at radius 3 is 2.60 bits per heavy atom. The third kappa shape index (κ3) is 2.13. The molecule has 1 aliphatic heterocycles. The summed E-state index contributed by atoms with van der Waals surface area (Å²) >= 11 is 0. The highest BCUT2D eigenvalue weighted by molar-refractivity contribution is 6.36. The number of allylic oxidation sites excluding steroid dienone is 1. The maximum atomic E-state index is 16.1. The van der Waals surface area contributed by atoms with E-state index in [1.165, 1.54) is 0 Å². The molecule has 0 radical (unpaired) electrons. The molecule has 3 saturated carbocycles. The van der Waals surface area contributed by atoms with Crippen molar-refractivity contribution in [3.63, 3.8) is 0 Å². The molecule has 1 N–H and O–H groups in total. The molecular weight excluding hydrogens is 391 g/mol. The van der Waals surface area contributed by atoms with Crippen molar-refractivity contribution in [2.45, 2.75) is 89.4 Å². The number of carbonyl (C=O) groups excluding carboxylic acids is 2. The van der Waals surface area contributed by atoms with Crippen molar-refractivity contribution in [2.75, 3.05) is 0 Å². The fraction of sp³-hybridized carbons (Fsp3) is 0.783. The quantitative estimate of drug-likeness (QED) is 0.689. The zero-order chi connectivity index (χ0) is 21.7. The van der Waals surface area contributed by atoms with Gasteiger partial charge in [-0.05, 0) is 62.9 Å². The van der Waals surface area contributed by atoms with Crippen LogP contribution in [0.2, 0.25) is 0 Å². The molecule has 5 aliphatic rings. The molecule has 164 valence electrons. The van der Waals surface area contributed by atoms with E-state index in [-0.39, 0.29) is 30.5 Å². The van der Waals surface area contributed by atoms with Gasteiger partial charge in [-0.1, -0.05) is 19.4 Å². The van der Waals surface area contributed by atoms with E-state index in [0.29, 0.717) is 32.1 Å². The van der Waals surface area contributed by atoms with Crippen molar-refractivity contribution >= 4 is 17.5 Å². The number of fused-ring (bicyclic) bond motifs is 3. The van der Waals surface area contributed by atoms with Gasteiger partial charge in [-0.2, -0.15) is 0 Å². The van der Waals surface area contributed by atoms with Crippen LogP contribution in [0.15, 0.2) is 11.6 Å². The van der Waals surface area contributed by atoms with Crippen LogP contribution in [-0.2, 0) is 23.9 Å². The van der Waals surface area contributed by atoms with E-state index >= 15 is 4.39 Å². The van der Waals surface area contributed by atoms with Crippen molar-refractivity contribution in [3.8, 4) is 0 Å². The average molecular weight is 420 g/mol. The van der Waals surface area contributed by atoms with Crippen molar-refractivity contribution in [3.05, 3.63) is 11.6 Å². The first-order valence-electron chi connectivity index (χ1n) is 11.0. The molecule has 7 heteroatoms. The minimum Gasteiger partial charge on any atom is -0.475 e. The lowest BCUT2D eigenvalue weighted by molar-refractivity contribution is -0.369. The average Bonchev–Trinajstić information content (AvgIpc) is 2.80. The van der Waals surface area contributed by atoms with E-state index in [4.69, 9.17) is 9.47 Å². The molecule has 4 fully saturated rings. The largest absolute Gasteiger partial charge is 0.475 e. The topological polar surface area (TPSA) is 89.9 Å². The lowest BCUT2D eigenvalue weighted by Crippen LogP contribution is -2.74. The summed E-state index contributed by atoms with van der Waals surface area (Å²) in [6.45, 7) is 5.57. The van der Waals surface area contributed by atoms with Crippen LogP contribution < -0.4 is 0 Å². The number of carbonyl (C=O) groups is 3. The normalized spacial score (nSPS) is 52.0. The lowest BCUT2D eigenvalue weighted by atomic mass is 9.43. The standard InChI is InChI=1S/C23H29FO6/c1-12-29-22-8-9-23(30-12,18(26)19(27)28)21(22,3)11-16(24)17-15(22)5-4-13-10-14(25)6-7-20(13,17)2/h10,12,15-17H,4-9,11H2,1-3H3,(H,27,28)/t12?,15-,16+,17-,20+,21+,22-,23-/m1/s1. The summed E-state index contributed by atoms with van der Waals surface area (Å²) in [5.74, 6) is -2.89. The predicted octanol–water partition coefficient (Wildman–Crippen LogP) is 3.37. The molecule has 0 aromatic carbocycles. The highest BCUT2D eigenvalue weighted by Crippen LogP contribution is 2.73. The van der Waals surface area contributed by atoms with Crippen LogP contribution in [0.25, 0.3) is 0 Å². The molecule has 1 unspecified atom stereocenters. The van der Waals surface area contributed by atoms with Gasteiger partial charge in [-0.15, -0.1) is 0 Å². The first kappa shape index (κ1) is 20.3. The second-order valence-corrected chi connectivity index (χ2v) is 10.4. The van der Waals surface area contributed by atoms with Gasteiger partial charge < -0.3 is 14.6 Å². The molecule has 4 aliphatic carbocycles. The van der Waals surface area contributed by atoms with Crippen LogP contribution in [0, 0.1) is 22.7 Å². The summed E-state index contributed by atoms with van der Waals surface area (Å²) in [7, 11) is 0. The summed E-state index contributed by atoms with van der Waals surface area (Å²) in [6.07, 6.45) is 2.90. The number of Topliss-reactive ketones (excluding diaryl/α,β-unsaturated/α-hetero) is 1. The number of aliphatic carboxylic acids is 1. The van der Waals surface area contributed by atoms with Gasteiger partial charge in [-0.25, -0.2) is 9.18 Å². The van der Waals surface area contributed by atoms with Crippen molar-refractivity contribution < 1.29 is 33.4 Å². The monoisotopic (exact) mass is 420 g/mol. The van der Waals surface area contributed by atoms with Gasteiger partial charge in [0.15, 0.2) is 12.1 Å². The number of carboxylic acid groups (broad SMARTS) is 1. The summed E-state index contributed by atoms with van der Waals surface area (Å²) < 4.78 is 28.5. The van der Waals surface area contributed by atoms with Crippen LogP contribution in [0.5, 0.6) is 0 Å². The second-order valence-electron chi connectivity index (χ2n) is 10.4. The first-order chi connectivity index (χ1) is 14.0. The first-order valence-corrected chi connectivity index (χ1v) is 11.0. The summed E-state index contributed by atoms with van der Waals surface area (Å²) in [5, 5.41) is 9.55. The number of halogens is 1. The van der Waals surface area contributed by atoms with Crippen molar-refractivity contribution in [1.82, 2.24) is 0 Å². The molecule has 1 heterocycles. The molecule has 0 aromatic rings. The van der Waals surface area contributed by atoms with Crippen LogP contribution in [0.3, 0.4) is 0 Å². The number of carboxylic acids is 1. The Hall–Kier alpha value is -1.60. The Morgan fingerprint density at radius 1 is 1.17 bits per heavy atom. The Kier molecular flexibility index (Phi) is 4.06. The Balaban J connectivity index is 1.65. The smallest absolute Gasteiger partial charge is 0.375 e. The molecule has 0 amide bonds. The summed E-state index contributed by atoms with van der Waals surface area (Å²) in [6, 6.07) is 0. The minimum absolute atomic E-state index is 0.0245. The van der Waals surface area contributed by atoms with Gasteiger partial charge in [0.2, 0.25) is 0 Å². The Labute approximate surface area is 175 Å². The van der Waals surface area contributed by atoms with E-state index in [0.717, 1.165) is 5.57 Å². The van der Waals surface area contributed by atoms with E-state index in [1.807, 2.05) is 0 Å². The van der Waals surface area contributed by atoms with Gasteiger partial charge >= 0.3 is 5.97 Å². The molecule has 0 spiro atoms. The fourth-order valence-corrected chi connectivity index (χ4v) is 8.19. The fourth-order valence-electron chi connectivity index (χ4n) is 8.19. The minimum atomic E-state index is -1.56. The number of ketones is 2. The van der Waals surface area contributed by atoms with Gasteiger partial charge in [0.1, 0.15) is 11.8 Å². The lowest BCUT2D eigenvalue weighted by Gasteiger charge is -2.67. The summed E-state index contributed by atoms with van der Waals surface area (Å²) in [5.41, 5.74) is -2.80. The molecule has 6 nitrogen and oxygen atoms in total. The zero-order valence-corrected chi connectivity index (χ0v) is 17.7. The molecule has 5 rings (SSSR count).